The van der Waals surface area contributed by atoms with Crippen LogP contribution in [0.2, 0.25) is 0 Å². The molecule has 0 saturated carbocycles. The van der Waals surface area contributed by atoms with E-state index < -0.39 is 5.60 Å². The van der Waals surface area contributed by atoms with Crippen molar-refractivity contribution in [2.24, 2.45) is 5.92 Å². The van der Waals surface area contributed by atoms with Gasteiger partial charge < -0.3 is 14.7 Å². The Morgan fingerprint density at radius 3 is 2.67 bits per heavy atom. The number of aliphatic hydroxyl groups is 1. The van der Waals surface area contributed by atoms with Gasteiger partial charge in [-0.1, -0.05) is 12.2 Å². The van der Waals surface area contributed by atoms with Crippen molar-refractivity contribution in [3.63, 3.8) is 0 Å². The molecule has 0 bridgehead atoms. The summed E-state index contributed by atoms with van der Waals surface area (Å²) >= 11 is 0. The Bertz CT molecular complexity index is 294. The number of allylic oxidation sites excluding steroid dienone is 2. The maximum atomic E-state index is 12.0. The van der Waals surface area contributed by atoms with Gasteiger partial charge in [-0.2, -0.15) is 0 Å². The van der Waals surface area contributed by atoms with Crippen LogP contribution in [0.1, 0.15) is 40.0 Å². The van der Waals surface area contributed by atoms with Crippen molar-refractivity contribution in [3.05, 3.63) is 12.2 Å². The molecule has 1 aliphatic carbocycles. The number of nitrogens with zero attached hydrogens (tertiary/aromatic N) is 1. The Morgan fingerprint density at radius 2 is 2.17 bits per heavy atom. The maximum Gasteiger partial charge on any atom is 0.410 e. The molecule has 1 atom stereocenters. The molecule has 0 aromatic carbocycles. The van der Waals surface area contributed by atoms with Crippen LogP contribution in [-0.2, 0) is 4.74 Å². The van der Waals surface area contributed by atoms with Crippen molar-refractivity contribution < 1.29 is 14.6 Å². The van der Waals surface area contributed by atoms with Gasteiger partial charge in [0.05, 0.1) is 6.61 Å². The molecule has 18 heavy (non-hydrogen) atoms. The first-order valence-electron chi connectivity index (χ1n) is 6.66. The number of carbonyl (C=O) groups is 1. The number of hydrogen-bond acceptors (Lipinski definition) is 3. The highest BCUT2D eigenvalue weighted by Gasteiger charge is 2.24. The Balaban J connectivity index is 2.52. The summed E-state index contributed by atoms with van der Waals surface area (Å²) < 4.78 is 5.35. The zero-order valence-corrected chi connectivity index (χ0v) is 11.7. The van der Waals surface area contributed by atoms with E-state index in [4.69, 9.17) is 9.84 Å². The molecule has 1 N–H and O–H groups in total. The van der Waals surface area contributed by atoms with Crippen LogP contribution in [0.5, 0.6) is 0 Å². The molecule has 1 amide bonds. The lowest BCUT2D eigenvalue weighted by atomic mass is 9.94. The van der Waals surface area contributed by atoms with E-state index in [9.17, 15) is 4.79 Å². The minimum atomic E-state index is -0.489. The van der Waals surface area contributed by atoms with Gasteiger partial charge in [0, 0.05) is 13.1 Å². The molecule has 104 valence electrons. The summed E-state index contributed by atoms with van der Waals surface area (Å²) in [6.07, 6.45) is 7.20. The Kier molecular flexibility index (Phi) is 5.66. The highest BCUT2D eigenvalue weighted by atomic mass is 16.6. The standard InChI is InChI=1S/C14H25NO3/c1-14(2,3)18-13(17)15(9-10-16)11-12-7-5-4-6-8-12/h4-5,12,16H,6-11H2,1-3H3. The highest BCUT2D eigenvalue weighted by Crippen LogP contribution is 2.20. The van der Waals surface area contributed by atoms with Gasteiger partial charge in [-0.3, -0.25) is 0 Å². The van der Waals surface area contributed by atoms with E-state index in [1.165, 1.54) is 0 Å². The maximum absolute atomic E-state index is 12.0. The monoisotopic (exact) mass is 255 g/mol. The van der Waals surface area contributed by atoms with E-state index in [1.807, 2.05) is 20.8 Å². The van der Waals surface area contributed by atoms with Crippen molar-refractivity contribution in [1.82, 2.24) is 4.90 Å². The van der Waals surface area contributed by atoms with Crippen LogP contribution < -0.4 is 0 Å². The first-order chi connectivity index (χ1) is 8.42. The lowest BCUT2D eigenvalue weighted by Gasteiger charge is -2.30. The molecule has 0 aliphatic heterocycles. The van der Waals surface area contributed by atoms with Gasteiger partial charge in [-0.05, 0) is 46.0 Å². The molecule has 0 fully saturated rings. The molecule has 0 aromatic rings. The van der Waals surface area contributed by atoms with E-state index >= 15 is 0 Å². The fraction of sp³-hybridized carbons (Fsp3) is 0.786. The summed E-state index contributed by atoms with van der Waals surface area (Å²) in [7, 11) is 0. The predicted octanol–water partition coefficient (Wildman–Crippen LogP) is 2.57. The normalized spacial score (nSPS) is 19.7. The topological polar surface area (TPSA) is 49.8 Å². The molecule has 0 spiro atoms. The summed E-state index contributed by atoms with van der Waals surface area (Å²) in [5, 5.41) is 9.05. The highest BCUT2D eigenvalue weighted by molar-refractivity contribution is 5.68. The van der Waals surface area contributed by atoms with Gasteiger partial charge in [0.1, 0.15) is 5.60 Å². The zero-order valence-electron chi connectivity index (χ0n) is 11.7. The number of carbonyl (C=O) groups excluding carboxylic acids is 1. The van der Waals surface area contributed by atoms with Gasteiger partial charge in [0.25, 0.3) is 0 Å². The smallest absolute Gasteiger partial charge is 0.410 e. The summed E-state index contributed by atoms with van der Waals surface area (Å²) in [4.78, 5) is 13.6. The molecule has 1 unspecified atom stereocenters. The van der Waals surface area contributed by atoms with Crippen molar-refractivity contribution in [3.8, 4) is 0 Å². The van der Waals surface area contributed by atoms with Crippen LogP contribution in [0.4, 0.5) is 4.79 Å². The van der Waals surface area contributed by atoms with Crippen LogP contribution in [0.3, 0.4) is 0 Å². The Morgan fingerprint density at radius 1 is 1.44 bits per heavy atom. The van der Waals surface area contributed by atoms with Crippen LogP contribution in [0.25, 0.3) is 0 Å². The number of hydrogen-bond donors (Lipinski definition) is 1. The van der Waals surface area contributed by atoms with Crippen molar-refractivity contribution in [2.45, 2.75) is 45.6 Å². The van der Waals surface area contributed by atoms with Gasteiger partial charge in [-0.25, -0.2) is 4.79 Å². The second-order valence-electron chi connectivity index (χ2n) is 5.80. The number of amides is 1. The van der Waals surface area contributed by atoms with E-state index in [0.29, 0.717) is 19.0 Å². The molecule has 4 heteroatoms. The van der Waals surface area contributed by atoms with E-state index in [-0.39, 0.29) is 12.7 Å². The summed E-state index contributed by atoms with van der Waals surface area (Å²) in [5.74, 6) is 0.481. The second-order valence-corrected chi connectivity index (χ2v) is 5.80. The van der Waals surface area contributed by atoms with Crippen LogP contribution in [0.15, 0.2) is 12.2 Å². The summed E-state index contributed by atoms with van der Waals surface area (Å²) in [6, 6.07) is 0. The van der Waals surface area contributed by atoms with Gasteiger partial charge in [0.15, 0.2) is 0 Å². The van der Waals surface area contributed by atoms with Crippen molar-refractivity contribution in [1.29, 1.82) is 0 Å². The second kappa shape index (κ2) is 6.78. The fourth-order valence-corrected chi connectivity index (χ4v) is 2.04. The van der Waals surface area contributed by atoms with Crippen LogP contribution in [-0.4, -0.2) is 41.4 Å². The quantitative estimate of drug-likeness (QED) is 0.785. The first-order valence-corrected chi connectivity index (χ1v) is 6.66. The minimum Gasteiger partial charge on any atom is -0.444 e. The van der Waals surface area contributed by atoms with Crippen LogP contribution in [0, 0.1) is 5.92 Å². The average Bonchev–Trinajstić information content (AvgIpc) is 2.27. The van der Waals surface area contributed by atoms with E-state index in [0.717, 1.165) is 19.3 Å². The van der Waals surface area contributed by atoms with Gasteiger partial charge in [-0.15, -0.1) is 0 Å². The van der Waals surface area contributed by atoms with E-state index in [1.54, 1.807) is 4.90 Å². The molecule has 1 rings (SSSR count). The molecule has 1 aliphatic rings. The third-order valence-corrected chi connectivity index (χ3v) is 2.88. The van der Waals surface area contributed by atoms with Crippen LogP contribution >= 0.6 is 0 Å². The minimum absolute atomic E-state index is 0.0260. The number of aliphatic hydroxyl groups excluding tert-OH is 1. The first kappa shape index (κ1) is 15.0. The van der Waals surface area contributed by atoms with E-state index in [2.05, 4.69) is 12.2 Å². The Hall–Kier alpha value is -1.03. The summed E-state index contributed by atoms with van der Waals surface area (Å²) in [5.41, 5.74) is -0.489. The lowest BCUT2D eigenvalue weighted by Crippen LogP contribution is -2.41. The van der Waals surface area contributed by atoms with Crippen molar-refractivity contribution >= 4 is 6.09 Å². The SMILES string of the molecule is CC(C)(C)OC(=O)N(CCO)CC1CC=CCC1. The molecule has 4 nitrogen and oxygen atoms in total. The molecule has 0 radical (unpaired) electrons. The zero-order chi connectivity index (χ0) is 13.6. The summed E-state index contributed by atoms with van der Waals surface area (Å²) in [6.45, 7) is 6.54. The van der Waals surface area contributed by atoms with Gasteiger partial charge >= 0.3 is 6.09 Å². The fourth-order valence-electron chi connectivity index (χ4n) is 2.04. The Labute approximate surface area is 110 Å². The largest absolute Gasteiger partial charge is 0.444 e. The molecular formula is C14H25NO3. The molecular weight excluding hydrogens is 230 g/mol. The number of ether oxygens (including phenoxy) is 1. The van der Waals surface area contributed by atoms with Crippen molar-refractivity contribution in [2.75, 3.05) is 19.7 Å². The molecule has 0 saturated heterocycles. The molecule has 0 heterocycles. The van der Waals surface area contributed by atoms with Gasteiger partial charge in [0.2, 0.25) is 0 Å². The molecule has 0 aromatic heterocycles. The number of rotatable bonds is 4. The third kappa shape index (κ3) is 5.54. The average molecular weight is 255 g/mol. The third-order valence-electron chi connectivity index (χ3n) is 2.88. The predicted molar refractivity (Wildman–Crippen MR) is 71.4 cm³/mol. The lowest BCUT2D eigenvalue weighted by molar-refractivity contribution is 0.0184.